The van der Waals surface area contributed by atoms with Crippen LogP contribution in [-0.4, -0.2) is 29.9 Å². The van der Waals surface area contributed by atoms with E-state index in [2.05, 4.69) is 43.9 Å². The molecule has 0 amide bonds. The quantitative estimate of drug-likeness (QED) is 0.365. The molecule has 2 unspecified atom stereocenters. The van der Waals surface area contributed by atoms with E-state index < -0.39 is 0 Å². The maximum Gasteiger partial charge on any atom is 0.262 e. The smallest absolute Gasteiger partial charge is 0.262 e. The Morgan fingerprint density at radius 3 is 2.18 bits per heavy atom. The maximum absolute atomic E-state index is 13.5. The Labute approximate surface area is 199 Å². The molecular weight excluding hydrogens is 432 g/mol. The number of fused-ring (bicyclic) bond motifs is 1. The fourth-order valence-electron chi connectivity index (χ4n) is 4.88. The molecule has 1 saturated heterocycles. The van der Waals surface area contributed by atoms with Crippen LogP contribution in [0.3, 0.4) is 0 Å². The molecule has 0 bridgehead atoms. The summed E-state index contributed by atoms with van der Waals surface area (Å²) in [6, 6.07) is 21.9. The molecule has 0 radical (unpaired) electrons. The summed E-state index contributed by atoms with van der Waals surface area (Å²) in [5, 5.41) is 2.39. The molecule has 1 fully saturated rings. The number of ether oxygens (including phenoxy) is 1. The van der Waals surface area contributed by atoms with E-state index in [1.165, 1.54) is 0 Å². The Hall–Kier alpha value is -3.08. The molecule has 2 atom stereocenters. The third kappa shape index (κ3) is 4.17. The van der Waals surface area contributed by atoms with E-state index in [0.717, 1.165) is 46.5 Å². The normalized spacial score (nSPS) is 18.6. The van der Waals surface area contributed by atoms with Gasteiger partial charge in [0.1, 0.15) is 0 Å². The minimum Gasteiger partial charge on any atom is -0.372 e. The standard InChI is InChI=1S/C28H27ClN2O2/c1-18-15-31(24-13-11-23(12-14-24)30-16-19(2)33-20(3)17-30)28(32)26-6-4-5-25(27(18)26)21-7-9-22(29)10-8-21/h4-15,19-20H,16-17H2,1-3H3. The molecule has 4 nitrogen and oxygen atoms in total. The summed E-state index contributed by atoms with van der Waals surface area (Å²) in [5.74, 6) is 0. The first kappa shape index (κ1) is 21.7. The van der Waals surface area contributed by atoms with Crippen LogP contribution in [0.25, 0.3) is 27.6 Å². The SMILES string of the molecule is Cc1cn(-c2ccc(N3CC(C)OC(C)C3)cc2)c(=O)c2cccc(-c3ccc(Cl)cc3)c12. The van der Waals surface area contributed by atoms with Gasteiger partial charge in [-0.15, -0.1) is 0 Å². The molecule has 168 valence electrons. The summed E-state index contributed by atoms with van der Waals surface area (Å²) in [5.41, 5.74) is 5.12. The Bertz CT molecular complexity index is 1350. The van der Waals surface area contributed by atoms with Crippen LogP contribution >= 0.6 is 11.6 Å². The van der Waals surface area contributed by atoms with E-state index in [1.54, 1.807) is 4.57 Å². The fourth-order valence-corrected chi connectivity index (χ4v) is 5.00. The molecule has 0 saturated carbocycles. The molecule has 0 spiro atoms. The van der Waals surface area contributed by atoms with Crippen molar-refractivity contribution < 1.29 is 4.74 Å². The van der Waals surface area contributed by atoms with Crippen molar-refractivity contribution in [2.24, 2.45) is 0 Å². The van der Waals surface area contributed by atoms with Gasteiger partial charge in [0.15, 0.2) is 0 Å². The number of pyridine rings is 1. The van der Waals surface area contributed by atoms with Gasteiger partial charge >= 0.3 is 0 Å². The van der Waals surface area contributed by atoms with Gasteiger partial charge < -0.3 is 9.64 Å². The van der Waals surface area contributed by atoms with Crippen LogP contribution in [0.15, 0.2) is 77.7 Å². The Balaban J connectivity index is 1.55. The molecule has 2 heterocycles. The monoisotopic (exact) mass is 458 g/mol. The lowest BCUT2D eigenvalue weighted by molar-refractivity contribution is -0.00521. The van der Waals surface area contributed by atoms with Crippen LogP contribution in [0.1, 0.15) is 19.4 Å². The van der Waals surface area contributed by atoms with Crippen LogP contribution in [0.5, 0.6) is 0 Å². The number of morpholine rings is 1. The number of rotatable bonds is 3. The van der Waals surface area contributed by atoms with Gasteiger partial charge in [-0.05, 0) is 85.3 Å². The van der Waals surface area contributed by atoms with Crippen LogP contribution in [0.4, 0.5) is 5.69 Å². The largest absolute Gasteiger partial charge is 0.372 e. The van der Waals surface area contributed by atoms with E-state index in [-0.39, 0.29) is 17.8 Å². The van der Waals surface area contributed by atoms with Gasteiger partial charge in [0.2, 0.25) is 0 Å². The lowest BCUT2D eigenvalue weighted by atomic mass is 9.96. The van der Waals surface area contributed by atoms with Crippen LogP contribution in [0, 0.1) is 6.92 Å². The van der Waals surface area contributed by atoms with E-state index in [9.17, 15) is 4.79 Å². The predicted molar refractivity (Wildman–Crippen MR) is 137 cm³/mol. The van der Waals surface area contributed by atoms with Gasteiger partial charge in [0.05, 0.1) is 12.2 Å². The van der Waals surface area contributed by atoms with Gasteiger partial charge in [-0.1, -0.05) is 35.9 Å². The summed E-state index contributed by atoms with van der Waals surface area (Å²) in [6.45, 7) is 8.00. The van der Waals surface area contributed by atoms with E-state index in [0.29, 0.717) is 10.4 Å². The number of benzene rings is 3. The van der Waals surface area contributed by atoms with E-state index >= 15 is 0 Å². The fraction of sp³-hybridized carbons (Fsp3) is 0.250. The van der Waals surface area contributed by atoms with Gasteiger partial charge in [-0.2, -0.15) is 0 Å². The molecule has 33 heavy (non-hydrogen) atoms. The maximum atomic E-state index is 13.5. The molecule has 0 aliphatic carbocycles. The molecule has 5 heteroatoms. The van der Waals surface area contributed by atoms with Crippen molar-refractivity contribution in [3.63, 3.8) is 0 Å². The summed E-state index contributed by atoms with van der Waals surface area (Å²) < 4.78 is 7.60. The first-order chi connectivity index (χ1) is 15.9. The highest BCUT2D eigenvalue weighted by molar-refractivity contribution is 6.30. The van der Waals surface area contributed by atoms with Gasteiger partial charge in [0, 0.05) is 41.1 Å². The zero-order valence-corrected chi connectivity index (χ0v) is 19.8. The number of hydrogen-bond donors (Lipinski definition) is 0. The average Bonchev–Trinajstić information content (AvgIpc) is 2.81. The van der Waals surface area contributed by atoms with Crippen LogP contribution in [-0.2, 0) is 4.74 Å². The topological polar surface area (TPSA) is 34.5 Å². The van der Waals surface area contributed by atoms with Crippen LogP contribution < -0.4 is 10.5 Å². The Morgan fingerprint density at radius 1 is 0.879 bits per heavy atom. The minimum atomic E-state index is -0.0206. The lowest BCUT2D eigenvalue weighted by Crippen LogP contribution is -2.45. The second-order valence-electron chi connectivity index (χ2n) is 8.90. The van der Waals surface area contributed by atoms with Crippen molar-refractivity contribution in [1.29, 1.82) is 0 Å². The lowest BCUT2D eigenvalue weighted by Gasteiger charge is -2.36. The first-order valence-corrected chi connectivity index (χ1v) is 11.7. The molecule has 1 aliphatic rings. The highest BCUT2D eigenvalue weighted by Gasteiger charge is 2.22. The number of halogens is 1. The number of hydrogen-bond acceptors (Lipinski definition) is 3. The summed E-state index contributed by atoms with van der Waals surface area (Å²) >= 11 is 6.07. The zero-order valence-electron chi connectivity index (χ0n) is 19.1. The van der Waals surface area contributed by atoms with Crippen LogP contribution in [0.2, 0.25) is 5.02 Å². The van der Waals surface area contributed by atoms with Gasteiger partial charge in [-0.3, -0.25) is 9.36 Å². The second kappa shape index (κ2) is 8.69. The molecule has 4 aromatic rings. The van der Waals surface area contributed by atoms with E-state index in [4.69, 9.17) is 16.3 Å². The highest BCUT2D eigenvalue weighted by Crippen LogP contribution is 2.31. The van der Waals surface area contributed by atoms with Gasteiger partial charge in [-0.25, -0.2) is 0 Å². The summed E-state index contributed by atoms with van der Waals surface area (Å²) in [4.78, 5) is 15.8. The Kier molecular flexibility index (Phi) is 5.73. The summed E-state index contributed by atoms with van der Waals surface area (Å²) in [6.07, 6.45) is 2.35. The third-order valence-corrected chi connectivity index (χ3v) is 6.55. The van der Waals surface area contributed by atoms with E-state index in [1.807, 2.05) is 54.7 Å². The highest BCUT2D eigenvalue weighted by atomic mass is 35.5. The van der Waals surface area contributed by atoms with Crippen molar-refractivity contribution in [3.05, 3.63) is 93.9 Å². The zero-order chi connectivity index (χ0) is 23.1. The molecule has 0 N–H and O–H groups in total. The number of aromatic nitrogens is 1. The van der Waals surface area contributed by atoms with Crippen molar-refractivity contribution in [3.8, 4) is 16.8 Å². The summed E-state index contributed by atoms with van der Waals surface area (Å²) in [7, 11) is 0. The van der Waals surface area contributed by atoms with Crippen molar-refractivity contribution in [2.75, 3.05) is 18.0 Å². The number of nitrogens with zero attached hydrogens (tertiary/aromatic N) is 2. The number of anilines is 1. The second-order valence-corrected chi connectivity index (χ2v) is 9.34. The molecule has 5 rings (SSSR count). The molecule has 3 aromatic carbocycles. The Morgan fingerprint density at radius 2 is 1.52 bits per heavy atom. The third-order valence-electron chi connectivity index (χ3n) is 6.30. The molecule has 1 aliphatic heterocycles. The van der Waals surface area contributed by atoms with Gasteiger partial charge in [0.25, 0.3) is 5.56 Å². The van der Waals surface area contributed by atoms with Crippen molar-refractivity contribution in [1.82, 2.24) is 4.57 Å². The number of aryl methyl sites for hydroxylation is 1. The molecule has 1 aromatic heterocycles. The minimum absolute atomic E-state index is 0.0206. The molecular formula is C28H27ClN2O2. The van der Waals surface area contributed by atoms with Crippen molar-refractivity contribution >= 4 is 28.1 Å². The average molecular weight is 459 g/mol. The van der Waals surface area contributed by atoms with Crippen molar-refractivity contribution in [2.45, 2.75) is 33.0 Å². The predicted octanol–water partition coefficient (Wildman–Crippen LogP) is 6.23. The first-order valence-electron chi connectivity index (χ1n) is 11.3.